The number of hydrogen-bond acceptors (Lipinski definition) is 6. The molecule has 0 saturated carbocycles. The molecule has 0 aliphatic carbocycles. The van der Waals surface area contributed by atoms with Crippen LogP contribution in [-0.2, 0) is 0 Å². The molecule has 8 heteroatoms. The lowest BCUT2D eigenvalue weighted by Gasteiger charge is -2.07. The smallest absolute Gasteiger partial charge is 0.275 e. The van der Waals surface area contributed by atoms with Crippen LogP contribution in [0.3, 0.4) is 0 Å². The number of ether oxygens (including phenoxy) is 2. The number of nitrogens with one attached hydrogen (secondary N) is 2. The first-order valence-electron chi connectivity index (χ1n) is 7.73. The standard InChI is InChI=1S/C18H13FN4O3/c19-11-2-1-3-12(6-11)22-17-9-20-14(8-21-17)18(24)23-13-4-5-15-16(7-13)26-10-25-15/h1-9H,10H2,(H,21,22)(H,23,24). The van der Waals surface area contributed by atoms with E-state index in [-0.39, 0.29) is 18.3 Å². The minimum absolute atomic E-state index is 0.146. The van der Waals surface area contributed by atoms with E-state index in [9.17, 15) is 9.18 Å². The highest BCUT2D eigenvalue weighted by Crippen LogP contribution is 2.34. The zero-order valence-corrected chi connectivity index (χ0v) is 13.4. The van der Waals surface area contributed by atoms with E-state index >= 15 is 0 Å². The van der Waals surface area contributed by atoms with Crippen molar-refractivity contribution in [3.63, 3.8) is 0 Å². The average Bonchev–Trinajstić information content (AvgIpc) is 3.10. The van der Waals surface area contributed by atoms with Crippen LogP contribution in [0.25, 0.3) is 0 Å². The second-order valence-electron chi connectivity index (χ2n) is 5.44. The SMILES string of the molecule is O=C(Nc1ccc2c(c1)OCO2)c1cnc(Nc2cccc(F)c2)cn1. The maximum atomic E-state index is 13.2. The first-order valence-corrected chi connectivity index (χ1v) is 7.73. The van der Waals surface area contributed by atoms with E-state index < -0.39 is 5.91 Å². The number of rotatable bonds is 4. The van der Waals surface area contributed by atoms with Gasteiger partial charge in [-0.05, 0) is 30.3 Å². The molecule has 0 fully saturated rings. The molecule has 1 amide bonds. The normalized spacial score (nSPS) is 11.9. The highest BCUT2D eigenvalue weighted by molar-refractivity contribution is 6.02. The topological polar surface area (TPSA) is 85.4 Å². The molecule has 0 atom stereocenters. The lowest BCUT2D eigenvalue weighted by molar-refractivity contribution is 0.102. The van der Waals surface area contributed by atoms with Gasteiger partial charge >= 0.3 is 0 Å². The molecule has 3 aromatic rings. The zero-order chi connectivity index (χ0) is 17.9. The van der Waals surface area contributed by atoms with Gasteiger partial charge in [0.2, 0.25) is 6.79 Å². The summed E-state index contributed by atoms with van der Waals surface area (Å²) >= 11 is 0. The van der Waals surface area contributed by atoms with Gasteiger partial charge in [-0.3, -0.25) is 4.79 Å². The van der Waals surface area contributed by atoms with Crippen LogP contribution < -0.4 is 20.1 Å². The molecule has 1 aromatic heterocycles. The monoisotopic (exact) mass is 352 g/mol. The van der Waals surface area contributed by atoms with Crippen molar-refractivity contribution in [2.24, 2.45) is 0 Å². The first kappa shape index (κ1) is 15.8. The van der Waals surface area contributed by atoms with Crippen molar-refractivity contribution in [2.45, 2.75) is 0 Å². The molecule has 0 spiro atoms. The van der Waals surface area contributed by atoms with Crippen molar-refractivity contribution in [1.29, 1.82) is 0 Å². The molecular weight excluding hydrogens is 339 g/mol. The van der Waals surface area contributed by atoms with Gasteiger partial charge in [-0.25, -0.2) is 14.4 Å². The molecule has 26 heavy (non-hydrogen) atoms. The van der Waals surface area contributed by atoms with Crippen LogP contribution in [0.5, 0.6) is 11.5 Å². The summed E-state index contributed by atoms with van der Waals surface area (Å²) in [6.07, 6.45) is 2.74. The highest BCUT2D eigenvalue weighted by Gasteiger charge is 2.15. The second-order valence-corrected chi connectivity index (χ2v) is 5.44. The lowest BCUT2D eigenvalue weighted by Crippen LogP contribution is -2.14. The summed E-state index contributed by atoms with van der Waals surface area (Å²) in [4.78, 5) is 20.5. The predicted octanol–water partition coefficient (Wildman–Crippen LogP) is 3.34. The Morgan fingerprint density at radius 3 is 2.69 bits per heavy atom. The molecule has 4 rings (SSSR count). The van der Waals surface area contributed by atoms with Crippen molar-refractivity contribution in [3.8, 4) is 11.5 Å². The van der Waals surface area contributed by atoms with Gasteiger partial charge in [0.05, 0.1) is 12.4 Å². The van der Waals surface area contributed by atoms with E-state index in [0.717, 1.165) is 0 Å². The van der Waals surface area contributed by atoms with E-state index in [1.54, 1.807) is 30.3 Å². The number of fused-ring (bicyclic) bond motifs is 1. The average molecular weight is 352 g/mol. The van der Waals surface area contributed by atoms with Crippen molar-refractivity contribution in [1.82, 2.24) is 9.97 Å². The van der Waals surface area contributed by atoms with Gasteiger partial charge in [-0.15, -0.1) is 0 Å². The Hall–Kier alpha value is -3.68. The zero-order valence-electron chi connectivity index (χ0n) is 13.4. The number of carbonyl (C=O) groups is 1. The molecule has 2 N–H and O–H groups in total. The molecule has 0 radical (unpaired) electrons. The van der Waals surface area contributed by atoms with Crippen LogP contribution in [0.1, 0.15) is 10.5 Å². The molecule has 0 unspecified atom stereocenters. The molecular formula is C18H13FN4O3. The van der Waals surface area contributed by atoms with Gasteiger partial charge in [0, 0.05) is 17.4 Å². The van der Waals surface area contributed by atoms with E-state index in [2.05, 4.69) is 20.6 Å². The fraction of sp³-hybridized carbons (Fsp3) is 0.0556. The summed E-state index contributed by atoms with van der Waals surface area (Å²) in [5.74, 6) is 0.839. The quantitative estimate of drug-likeness (QED) is 0.749. The van der Waals surface area contributed by atoms with Crippen molar-refractivity contribution in [3.05, 3.63) is 66.4 Å². The van der Waals surface area contributed by atoms with E-state index in [1.165, 1.54) is 24.5 Å². The minimum Gasteiger partial charge on any atom is -0.454 e. The van der Waals surface area contributed by atoms with Gasteiger partial charge < -0.3 is 20.1 Å². The third-order valence-corrected chi connectivity index (χ3v) is 3.61. The van der Waals surface area contributed by atoms with E-state index in [0.29, 0.717) is 28.7 Å². The molecule has 2 aromatic carbocycles. The molecule has 1 aliphatic rings. The molecule has 2 heterocycles. The number of benzene rings is 2. The minimum atomic E-state index is -0.409. The van der Waals surface area contributed by atoms with Crippen LogP contribution in [0.4, 0.5) is 21.6 Å². The Labute approximate surface area is 147 Å². The number of halogens is 1. The molecule has 7 nitrogen and oxygen atoms in total. The van der Waals surface area contributed by atoms with E-state index in [1.807, 2.05) is 0 Å². The second kappa shape index (κ2) is 6.67. The Kier molecular flexibility index (Phi) is 4.06. The summed E-state index contributed by atoms with van der Waals surface area (Å²) < 4.78 is 23.7. The summed E-state index contributed by atoms with van der Waals surface area (Å²) in [6, 6.07) is 11.1. The number of anilines is 3. The van der Waals surface area contributed by atoms with Crippen molar-refractivity contribution < 1.29 is 18.7 Å². The van der Waals surface area contributed by atoms with Crippen LogP contribution in [0, 0.1) is 5.82 Å². The number of hydrogen-bond donors (Lipinski definition) is 2. The molecule has 130 valence electrons. The summed E-state index contributed by atoms with van der Waals surface area (Å²) in [6.45, 7) is 0.165. The number of amides is 1. The van der Waals surface area contributed by atoms with Crippen molar-refractivity contribution in [2.75, 3.05) is 17.4 Å². The summed E-state index contributed by atoms with van der Waals surface area (Å²) in [5, 5.41) is 5.63. The Balaban J connectivity index is 1.43. The highest BCUT2D eigenvalue weighted by atomic mass is 19.1. The molecule has 0 saturated heterocycles. The largest absolute Gasteiger partial charge is 0.454 e. The number of aromatic nitrogens is 2. The molecule has 1 aliphatic heterocycles. The number of nitrogens with zero attached hydrogens (tertiary/aromatic N) is 2. The third kappa shape index (κ3) is 3.39. The predicted molar refractivity (Wildman–Crippen MR) is 92.2 cm³/mol. The van der Waals surface area contributed by atoms with Gasteiger partial charge in [-0.2, -0.15) is 0 Å². The maximum Gasteiger partial charge on any atom is 0.275 e. The first-order chi connectivity index (χ1) is 12.7. The Morgan fingerprint density at radius 2 is 1.88 bits per heavy atom. The third-order valence-electron chi connectivity index (χ3n) is 3.61. The van der Waals surface area contributed by atoms with Crippen LogP contribution in [0.15, 0.2) is 54.9 Å². The van der Waals surface area contributed by atoms with Crippen LogP contribution in [0.2, 0.25) is 0 Å². The van der Waals surface area contributed by atoms with Crippen LogP contribution in [-0.4, -0.2) is 22.7 Å². The Bertz CT molecular complexity index is 963. The summed E-state index contributed by atoms with van der Waals surface area (Å²) in [5.41, 5.74) is 1.24. The van der Waals surface area contributed by atoms with Crippen LogP contribution >= 0.6 is 0 Å². The van der Waals surface area contributed by atoms with Gasteiger partial charge in [-0.1, -0.05) is 6.07 Å². The Morgan fingerprint density at radius 1 is 1.00 bits per heavy atom. The maximum absolute atomic E-state index is 13.2. The fourth-order valence-electron chi connectivity index (χ4n) is 2.39. The van der Waals surface area contributed by atoms with Gasteiger partial charge in [0.15, 0.2) is 11.5 Å². The molecule has 0 bridgehead atoms. The van der Waals surface area contributed by atoms with Crippen molar-refractivity contribution >= 4 is 23.1 Å². The lowest BCUT2D eigenvalue weighted by atomic mass is 10.2. The fourth-order valence-corrected chi connectivity index (χ4v) is 2.39. The van der Waals surface area contributed by atoms with Gasteiger partial charge in [0.25, 0.3) is 5.91 Å². The summed E-state index contributed by atoms with van der Waals surface area (Å²) in [7, 11) is 0. The van der Waals surface area contributed by atoms with Gasteiger partial charge in [0.1, 0.15) is 17.3 Å². The van der Waals surface area contributed by atoms with E-state index in [4.69, 9.17) is 9.47 Å². The number of carbonyl (C=O) groups excluding carboxylic acids is 1.